The van der Waals surface area contributed by atoms with Crippen LogP contribution in [0.2, 0.25) is 15.1 Å². The summed E-state index contributed by atoms with van der Waals surface area (Å²) < 4.78 is 39.0. The van der Waals surface area contributed by atoms with E-state index in [1.165, 1.54) is 35.2 Å². The lowest BCUT2D eigenvalue weighted by molar-refractivity contribution is -0.137. The highest BCUT2D eigenvalue weighted by Gasteiger charge is 2.33. The van der Waals surface area contributed by atoms with Crippen molar-refractivity contribution in [1.29, 1.82) is 0 Å². The van der Waals surface area contributed by atoms with Gasteiger partial charge in [0.05, 0.1) is 26.3 Å². The number of aromatic nitrogens is 3. The van der Waals surface area contributed by atoms with E-state index < -0.39 is 16.8 Å². The van der Waals surface area contributed by atoms with Crippen LogP contribution in [0.15, 0.2) is 41.6 Å². The number of thioether (sulfide) groups is 1. The third-order valence-corrected chi connectivity index (χ3v) is 6.51. The Hall–Kier alpha value is -1.98. The first-order valence-corrected chi connectivity index (χ1v) is 11.9. The molecule has 4 aromatic rings. The molecule has 0 atom stereocenters. The van der Waals surface area contributed by atoms with E-state index in [1.54, 1.807) is 18.2 Å². The van der Waals surface area contributed by atoms with Gasteiger partial charge in [-0.1, -0.05) is 64.0 Å². The van der Waals surface area contributed by atoms with Crippen LogP contribution in [-0.4, -0.2) is 21.2 Å². The lowest BCUT2D eigenvalue weighted by atomic mass is 10.2. The Balaban J connectivity index is 1.72. The lowest BCUT2D eigenvalue weighted by Crippen LogP contribution is -2.06. The first-order chi connectivity index (χ1) is 15.2. The average Bonchev–Trinajstić information content (AvgIpc) is 3.13. The van der Waals surface area contributed by atoms with Gasteiger partial charge in [-0.25, -0.2) is 15.0 Å². The van der Waals surface area contributed by atoms with Crippen LogP contribution in [0.25, 0.3) is 10.3 Å². The zero-order valence-corrected chi connectivity index (χ0v) is 19.8. The van der Waals surface area contributed by atoms with Crippen LogP contribution in [0, 0.1) is 0 Å². The maximum absolute atomic E-state index is 13.0. The molecule has 2 heterocycles. The number of rotatable bonds is 5. The number of alkyl halides is 3. The zero-order chi connectivity index (χ0) is 23.0. The molecule has 0 amide bonds. The van der Waals surface area contributed by atoms with E-state index in [1.807, 2.05) is 6.26 Å². The Morgan fingerprint density at radius 2 is 1.66 bits per heavy atom. The SMILES string of the molecule is CSc1nc(Nc2ccc(C(F)(F)F)c(Cl)c2)c2nc(Nc3c(Cl)cccc3Cl)sc2n1. The van der Waals surface area contributed by atoms with Crippen LogP contribution < -0.4 is 10.6 Å². The summed E-state index contributed by atoms with van der Waals surface area (Å²) in [6.45, 7) is 0. The Labute approximate surface area is 203 Å². The van der Waals surface area contributed by atoms with Crippen molar-refractivity contribution < 1.29 is 13.2 Å². The van der Waals surface area contributed by atoms with Gasteiger partial charge in [-0.15, -0.1) is 0 Å². The Kier molecular flexibility index (Phi) is 6.60. The van der Waals surface area contributed by atoms with E-state index in [9.17, 15) is 13.2 Å². The molecule has 0 bridgehead atoms. The van der Waals surface area contributed by atoms with Crippen LogP contribution in [-0.2, 0) is 6.18 Å². The summed E-state index contributed by atoms with van der Waals surface area (Å²) in [5.74, 6) is 0.324. The zero-order valence-electron chi connectivity index (χ0n) is 15.9. The third-order valence-electron chi connectivity index (χ3n) is 4.15. The fraction of sp³-hybridized carbons (Fsp3) is 0.105. The number of fused-ring (bicyclic) bond motifs is 1. The lowest BCUT2D eigenvalue weighted by Gasteiger charge is -2.12. The minimum atomic E-state index is -4.54. The molecule has 0 spiro atoms. The van der Waals surface area contributed by atoms with Crippen molar-refractivity contribution in [3.8, 4) is 0 Å². The Bertz CT molecular complexity index is 1290. The Morgan fingerprint density at radius 1 is 0.938 bits per heavy atom. The molecular weight excluding hydrogens is 526 g/mol. The van der Waals surface area contributed by atoms with Crippen LogP contribution in [0.5, 0.6) is 0 Å². The molecule has 0 saturated heterocycles. The largest absolute Gasteiger partial charge is 0.417 e. The molecule has 13 heteroatoms. The van der Waals surface area contributed by atoms with E-state index in [0.717, 1.165) is 6.07 Å². The molecule has 2 aromatic heterocycles. The van der Waals surface area contributed by atoms with Gasteiger partial charge in [-0.2, -0.15) is 13.2 Å². The standard InChI is InChI=1S/C19H11Cl3F3N5S2/c1-31-17-29-15(26-8-5-6-9(12(22)7-8)19(23,24)25)14-16(30-17)32-18(28-14)27-13-10(20)3-2-4-11(13)21/h2-7H,1H3,(H,27,28)(H,26,29,30). The van der Waals surface area contributed by atoms with Crippen molar-refractivity contribution in [2.24, 2.45) is 0 Å². The highest BCUT2D eigenvalue weighted by atomic mass is 35.5. The van der Waals surface area contributed by atoms with E-state index >= 15 is 0 Å². The first-order valence-electron chi connectivity index (χ1n) is 8.73. The Morgan fingerprint density at radius 3 is 2.28 bits per heavy atom. The van der Waals surface area contributed by atoms with Gasteiger partial charge < -0.3 is 10.6 Å². The van der Waals surface area contributed by atoms with Gasteiger partial charge in [-0.05, 0) is 36.6 Å². The molecular formula is C19H11Cl3F3N5S2. The summed E-state index contributed by atoms with van der Waals surface area (Å²) in [5.41, 5.74) is 0.331. The van der Waals surface area contributed by atoms with E-state index in [0.29, 0.717) is 47.9 Å². The van der Waals surface area contributed by atoms with Crippen molar-refractivity contribution in [3.05, 3.63) is 57.0 Å². The smallest absolute Gasteiger partial charge is 0.338 e. The molecule has 0 aliphatic heterocycles. The molecule has 0 unspecified atom stereocenters. The highest BCUT2D eigenvalue weighted by molar-refractivity contribution is 7.98. The molecule has 0 radical (unpaired) electrons. The van der Waals surface area contributed by atoms with E-state index in [-0.39, 0.29) is 0 Å². The number of para-hydroxylation sites is 1. The van der Waals surface area contributed by atoms with Gasteiger partial charge >= 0.3 is 6.18 Å². The summed E-state index contributed by atoms with van der Waals surface area (Å²) in [4.78, 5) is 14.0. The number of hydrogen-bond acceptors (Lipinski definition) is 7. The second kappa shape index (κ2) is 9.11. The van der Waals surface area contributed by atoms with Gasteiger partial charge in [0.2, 0.25) is 0 Å². The summed E-state index contributed by atoms with van der Waals surface area (Å²) in [7, 11) is 0. The minimum absolute atomic E-state index is 0.324. The molecule has 0 aliphatic rings. The fourth-order valence-electron chi connectivity index (χ4n) is 2.72. The van der Waals surface area contributed by atoms with Crippen molar-refractivity contribution in [1.82, 2.24) is 15.0 Å². The van der Waals surface area contributed by atoms with Crippen LogP contribution in [0.4, 0.5) is 35.5 Å². The summed E-state index contributed by atoms with van der Waals surface area (Å²) in [5, 5.41) is 7.43. The van der Waals surface area contributed by atoms with Gasteiger partial charge in [0.15, 0.2) is 20.9 Å². The van der Waals surface area contributed by atoms with Crippen molar-refractivity contribution >= 4 is 90.6 Å². The van der Waals surface area contributed by atoms with E-state index in [4.69, 9.17) is 34.8 Å². The van der Waals surface area contributed by atoms with Crippen LogP contribution in [0.1, 0.15) is 5.56 Å². The predicted molar refractivity (Wildman–Crippen MR) is 126 cm³/mol. The minimum Gasteiger partial charge on any atom is -0.338 e. The van der Waals surface area contributed by atoms with E-state index in [2.05, 4.69) is 25.6 Å². The van der Waals surface area contributed by atoms with Gasteiger partial charge in [0.1, 0.15) is 5.52 Å². The molecule has 5 nitrogen and oxygen atoms in total. The quantitative estimate of drug-likeness (QED) is 0.198. The highest BCUT2D eigenvalue weighted by Crippen LogP contribution is 2.39. The third kappa shape index (κ3) is 4.84. The van der Waals surface area contributed by atoms with Gasteiger partial charge in [0, 0.05) is 5.69 Å². The normalized spacial score (nSPS) is 11.7. The van der Waals surface area contributed by atoms with Gasteiger partial charge in [-0.3, -0.25) is 0 Å². The molecule has 0 aliphatic carbocycles. The fourth-order valence-corrected chi connectivity index (χ4v) is 4.76. The number of anilines is 4. The van der Waals surface area contributed by atoms with Crippen molar-refractivity contribution in [2.75, 3.05) is 16.9 Å². The number of nitrogens with zero attached hydrogens (tertiary/aromatic N) is 3. The topological polar surface area (TPSA) is 62.7 Å². The summed E-state index contributed by atoms with van der Waals surface area (Å²) in [6, 6.07) is 8.47. The molecule has 0 saturated carbocycles. The molecule has 166 valence electrons. The first kappa shape index (κ1) is 23.2. The molecule has 4 rings (SSSR count). The average molecular weight is 537 g/mol. The van der Waals surface area contributed by atoms with Crippen LogP contribution in [0.3, 0.4) is 0 Å². The maximum Gasteiger partial charge on any atom is 0.417 e. The number of thiazole rings is 1. The van der Waals surface area contributed by atoms with Crippen molar-refractivity contribution in [3.63, 3.8) is 0 Å². The monoisotopic (exact) mass is 535 g/mol. The maximum atomic E-state index is 13.0. The molecule has 2 N–H and O–H groups in total. The number of benzene rings is 2. The van der Waals surface area contributed by atoms with Crippen molar-refractivity contribution in [2.45, 2.75) is 11.3 Å². The number of halogens is 6. The second-order valence-corrected chi connectivity index (χ2v) is 9.24. The molecule has 32 heavy (non-hydrogen) atoms. The van der Waals surface area contributed by atoms with Gasteiger partial charge in [0.25, 0.3) is 0 Å². The second-order valence-electron chi connectivity index (χ2n) is 6.27. The predicted octanol–water partition coefficient (Wildman–Crippen LogP) is 8.27. The summed E-state index contributed by atoms with van der Waals surface area (Å²) >= 11 is 20.8. The molecule has 0 fully saturated rings. The number of hydrogen-bond donors (Lipinski definition) is 2. The number of nitrogens with one attached hydrogen (secondary N) is 2. The molecule has 2 aromatic carbocycles. The summed E-state index contributed by atoms with van der Waals surface area (Å²) in [6.07, 6.45) is -2.73. The van der Waals surface area contributed by atoms with Crippen LogP contribution >= 0.6 is 57.9 Å².